The van der Waals surface area contributed by atoms with Crippen molar-refractivity contribution < 1.29 is 27.1 Å². The molecule has 8 heteroatoms. The second kappa shape index (κ2) is 5.47. The third kappa shape index (κ3) is 2.86. The molecule has 0 spiro atoms. The molecule has 3 nitrogen and oxygen atoms in total. The summed E-state index contributed by atoms with van der Waals surface area (Å²) in [6.45, 7) is 0. The Hall–Kier alpha value is -2.09. The van der Waals surface area contributed by atoms with Gasteiger partial charge in [-0.1, -0.05) is 6.07 Å². The fraction of sp³-hybridized carbons (Fsp3) is 0.375. The molecule has 2 aromatic heterocycles. The van der Waals surface area contributed by atoms with Crippen LogP contribution in [0.3, 0.4) is 0 Å². The molecule has 0 unspecified atom stereocenters. The molecule has 0 aromatic carbocycles. The average molecular weight is 344 g/mol. The second-order valence-corrected chi connectivity index (χ2v) is 5.95. The van der Waals surface area contributed by atoms with E-state index < -0.39 is 42.0 Å². The van der Waals surface area contributed by atoms with Gasteiger partial charge in [0.1, 0.15) is 6.10 Å². The van der Waals surface area contributed by atoms with Gasteiger partial charge in [0.2, 0.25) is 5.92 Å². The number of hydrogen-bond donors (Lipinski definition) is 1. The van der Waals surface area contributed by atoms with Crippen LogP contribution in [0.1, 0.15) is 35.9 Å². The maximum Gasteiger partial charge on any atom is 0.416 e. The molecule has 0 aliphatic heterocycles. The van der Waals surface area contributed by atoms with Crippen molar-refractivity contribution in [2.45, 2.75) is 36.5 Å². The Morgan fingerprint density at radius 1 is 1.04 bits per heavy atom. The van der Waals surface area contributed by atoms with Crippen LogP contribution in [-0.2, 0) is 11.6 Å². The van der Waals surface area contributed by atoms with Crippen molar-refractivity contribution in [2.75, 3.05) is 0 Å². The van der Waals surface area contributed by atoms with Gasteiger partial charge in [0.25, 0.3) is 0 Å². The summed E-state index contributed by atoms with van der Waals surface area (Å²) in [5, 5.41) is 10.6. The largest absolute Gasteiger partial charge is 0.416 e. The Bertz CT molecular complexity index is 725. The van der Waals surface area contributed by atoms with Crippen molar-refractivity contribution in [3.63, 3.8) is 0 Å². The monoisotopic (exact) mass is 344 g/mol. The minimum atomic E-state index is -4.62. The number of aromatic nitrogens is 2. The van der Waals surface area contributed by atoms with Crippen LogP contribution in [0.25, 0.3) is 0 Å². The maximum atomic E-state index is 13.5. The molecule has 2 aromatic rings. The van der Waals surface area contributed by atoms with Crippen molar-refractivity contribution in [1.29, 1.82) is 0 Å². The molecule has 2 heterocycles. The van der Waals surface area contributed by atoms with Crippen LogP contribution < -0.4 is 0 Å². The number of hydrogen-bond acceptors (Lipinski definition) is 3. The number of rotatable bonds is 3. The molecule has 1 aliphatic rings. The molecule has 0 bridgehead atoms. The van der Waals surface area contributed by atoms with E-state index in [-0.39, 0.29) is 11.4 Å². The van der Waals surface area contributed by atoms with E-state index in [1.165, 1.54) is 12.3 Å². The zero-order valence-corrected chi connectivity index (χ0v) is 12.3. The lowest BCUT2D eigenvalue weighted by Crippen LogP contribution is -2.53. The van der Waals surface area contributed by atoms with Crippen LogP contribution in [0.2, 0.25) is 0 Å². The maximum absolute atomic E-state index is 13.5. The van der Waals surface area contributed by atoms with Gasteiger partial charge in [-0.3, -0.25) is 9.97 Å². The number of nitrogens with zero attached hydrogens (tertiary/aromatic N) is 2. The molecule has 1 N–H and O–H groups in total. The molecular weight excluding hydrogens is 331 g/mol. The van der Waals surface area contributed by atoms with Gasteiger partial charge in [0.05, 0.1) is 22.4 Å². The summed E-state index contributed by atoms with van der Waals surface area (Å²) in [5.41, 5.74) is -2.68. The van der Waals surface area contributed by atoms with Crippen molar-refractivity contribution in [2.24, 2.45) is 0 Å². The molecule has 0 amide bonds. The standard InChI is InChI=1S/C16H13F5N2O/c17-15(18)8-14(9-15,13(24)11-3-1-2-5-22-11)12-7-10(4-6-23-12)16(19,20)21/h1-7,13,24H,8-9H2/t13-/m0/s1. The van der Waals surface area contributed by atoms with E-state index in [4.69, 9.17) is 0 Å². The van der Waals surface area contributed by atoms with Crippen molar-refractivity contribution >= 4 is 0 Å². The van der Waals surface area contributed by atoms with Crippen LogP contribution in [0.15, 0.2) is 42.7 Å². The number of pyridine rings is 2. The molecule has 1 fully saturated rings. The molecule has 1 atom stereocenters. The third-order valence-corrected chi connectivity index (χ3v) is 4.24. The number of alkyl halides is 5. The van der Waals surface area contributed by atoms with Gasteiger partial charge in [0, 0.05) is 25.2 Å². The normalized spacial score (nSPS) is 20.2. The third-order valence-electron chi connectivity index (χ3n) is 4.24. The highest BCUT2D eigenvalue weighted by molar-refractivity contribution is 5.33. The lowest BCUT2D eigenvalue weighted by molar-refractivity contribution is -0.165. The topological polar surface area (TPSA) is 46.0 Å². The molecule has 1 aliphatic carbocycles. The van der Waals surface area contributed by atoms with E-state index in [0.29, 0.717) is 0 Å². The van der Waals surface area contributed by atoms with E-state index in [9.17, 15) is 27.1 Å². The van der Waals surface area contributed by atoms with Gasteiger partial charge in [-0.2, -0.15) is 13.2 Å². The quantitative estimate of drug-likeness (QED) is 0.859. The van der Waals surface area contributed by atoms with Gasteiger partial charge in [-0.25, -0.2) is 8.78 Å². The Kier molecular flexibility index (Phi) is 3.82. The first-order valence-electron chi connectivity index (χ1n) is 7.15. The average Bonchev–Trinajstić information content (AvgIpc) is 2.51. The molecule has 1 saturated carbocycles. The Balaban J connectivity index is 2.05. The molecule has 128 valence electrons. The zero-order chi connectivity index (χ0) is 17.6. The molecule has 3 rings (SSSR count). The van der Waals surface area contributed by atoms with E-state index >= 15 is 0 Å². The highest BCUT2D eigenvalue weighted by Gasteiger charge is 2.62. The minimum Gasteiger partial charge on any atom is -0.386 e. The van der Waals surface area contributed by atoms with Crippen molar-refractivity contribution in [3.05, 3.63) is 59.7 Å². The first-order chi connectivity index (χ1) is 11.1. The van der Waals surface area contributed by atoms with Crippen LogP contribution in [0.5, 0.6) is 0 Å². The van der Waals surface area contributed by atoms with Crippen molar-refractivity contribution in [3.8, 4) is 0 Å². The van der Waals surface area contributed by atoms with E-state index in [2.05, 4.69) is 9.97 Å². The summed E-state index contributed by atoms with van der Waals surface area (Å²) in [4.78, 5) is 7.76. The lowest BCUT2D eigenvalue weighted by atomic mass is 9.59. The predicted octanol–water partition coefficient (Wildman–Crippen LogP) is 3.90. The van der Waals surface area contributed by atoms with E-state index in [0.717, 1.165) is 18.3 Å². The first kappa shape index (κ1) is 16.8. The highest BCUT2D eigenvalue weighted by Crippen LogP contribution is 2.58. The number of aliphatic hydroxyl groups is 1. The molecule has 24 heavy (non-hydrogen) atoms. The van der Waals surface area contributed by atoms with Crippen LogP contribution in [0.4, 0.5) is 22.0 Å². The van der Waals surface area contributed by atoms with Crippen LogP contribution in [-0.4, -0.2) is 21.0 Å². The van der Waals surface area contributed by atoms with Gasteiger partial charge >= 0.3 is 6.18 Å². The Labute approximate surface area is 134 Å². The minimum absolute atomic E-state index is 0.118. The van der Waals surface area contributed by atoms with Gasteiger partial charge in [-0.15, -0.1) is 0 Å². The predicted molar refractivity (Wildman–Crippen MR) is 74.3 cm³/mol. The molecule has 0 saturated heterocycles. The summed E-state index contributed by atoms with van der Waals surface area (Å²) in [7, 11) is 0. The Morgan fingerprint density at radius 3 is 2.29 bits per heavy atom. The zero-order valence-electron chi connectivity index (χ0n) is 12.3. The summed E-state index contributed by atoms with van der Waals surface area (Å²) >= 11 is 0. The second-order valence-electron chi connectivity index (χ2n) is 5.95. The fourth-order valence-corrected chi connectivity index (χ4v) is 3.09. The SMILES string of the molecule is O[C@@H](c1ccccn1)C1(c2cc(C(F)(F)F)ccn2)CC(F)(F)C1. The number of aliphatic hydroxyl groups excluding tert-OH is 1. The summed E-state index contributed by atoms with van der Waals surface area (Å²) in [5.74, 6) is -3.06. The smallest absolute Gasteiger partial charge is 0.386 e. The van der Waals surface area contributed by atoms with Crippen LogP contribution in [0, 0.1) is 0 Å². The molecule has 0 radical (unpaired) electrons. The molecular formula is C16H13F5N2O. The van der Waals surface area contributed by atoms with E-state index in [1.54, 1.807) is 12.1 Å². The Morgan fingerprint density at radius 2 is 1.75 bits per heavy atom. The van der Waals surface area contributed by atoms with E-state index in [1.807, 2.05) is 0 Å². The lowest BCUT2D eigenvalue weighted by Gasteiger charge is -2.49. The summed E-state index contributed by atoms with van der Waals surface area (Å²) < 4.78 is 65.8. The van der Waals surface area contributed by atoms with Crippen molar-refractivity contribution in [1.82, 2.24) is 9.97 Å². The fourth-order valence-electron chi connectivity index (χ4n) is 3.09. The summed E-state index contributed by atoms with van der Waals surface area (Å²) in [6.07, 6.45) is -5.38. The van der Waals surface area contributed by atoms with Gasteiger partial charge < -0.3 is 5.11 Å². The van der Waals surface area contributed by atoms with Gasteiger partial charge in [-0.05, 0) is 24.3 Å². The highest BCUT2D eigenvalue weighted by atomic mass is 19.4. The first-order valence-corrected chi connectivity index (χ1v) is 7.15. The number of halogens is 5. The van der Waals surface area contributed by atoms with Crippen LogP contribution >= 0.6 is 0 Å². The summed E-state index contributed by atoms with van der Waals surface area (Å²) in [6, 6.07) is 6.08. The van der Waals surface area contributed by atoms with Gasteiger partial charge in [0.15, 0.2) is 0 Å².